The average Bonchev–Trinajstić information content (AvgIpc) is 2.76. The summed E-state index contributed by atoms with van der Waals surface area (Å²) in [6.45, 7) is 3.76. The molecule has 4 rings (SSSR count). The molecule has 0 unspecified atom stereocenters. The quantitative estimate of drug-likeness (QED) is 0.682. The molecular formula is C25H27FN2O4S. The van der Waals surface area contributed by atoms with Gasteiger partial charge in [-0.15, -0.1) is 0 Å². The minimum atomic E-state index is -4.03. The molecule has 8 heteroatoms. The van der Waals surface area contributed by atoms with E-state index in [4.69, 9.17) is 0 Å². The molecule has 2 aromatic carbocycles. The molecule has 1 amide bonds. The van der Waals surface area contributed by atoms with Crippen molar-refractivity contribution in [3.8, 4) is 11.8 Å². The molecule has 0 aliphatic carbocycles. The van der Waals surface area contributed by atoms with Crippen LogP contribution in [-0.2, 0) is 14.8 Å². The van der Waals surface area contributed by atoms with Crippen LogP contribution in [0.25, 0.3) is 0 Å². The zero-order valence-electron chi connectivity index (χ0n) is 18.6. The summed E-state index contributed by atoms with van der Waals surface area (Å²) >= 11 is 0. The van der Waals surface area contributed by atoms with E-state index in [0.29, 0.717) is 5.92 Å². The first-order valence-electron chi connectivity index (χ1n) is 11.0. The Kier molecular flexibility index (Phi) is 6.57. The predicted molar refractivity (Wildman–Crippen MR) is 122 cm³/mol. The van der Waals surface area contributed by atoms with Gasteiger partial charge in [0.15, 0.2) is 0 Å². The first kappa shape index (κ1) is 23.4. The molecule has 0 saturated carbocycles. The van der Waals surface area contributed by atoms with Gasteiger partial charge in [-0.05, 0) is 41.8 Å². The van der Waals surface area contributed by atoms with E-state index in [0.717, 1.165) is 27.9 Å². The van der Waals surface area contributed by atoms with Crippen LogP contribution in [0.5, 0.6) is 0 Å². The second-order valence-electron chi connectivity index (χ2n) is 8.92. The number of aliphatic hydroxyl groups is 1. The summed E-state index contributed by atoms with van der Waals surface area (Å²) in [4.78, 5) is 14.2. The highest BCUT2D eigenvalue weighted by atomic mass is 32.2. The Balaban J connectivity index is 1.57. The van der Waals surface area contributed by atoms with Crippen LogP contribution in [0.4, 0.5) is 4.39 Å². The average molecular weight is 471 g/mol. The van der Waals surface area contributed by atoms with Crippen molar-refractivity contribution in [1.29, 1.82) is 0 Å². The van der Waals surface area contributed by atoms with Crippen LogP contribution in [-0.4, -0.2) is 60.4 Å². The number of hydrogen-bond acceptors (Lipinski definition) is 4. The fourth-order valence-electron chi connectivity index (χ4n) is 4.58. The molecule has 2 aliphatic heterocycles. The minimum Gasteiger partial charge on any atom is -0.394 e. The van der Waals surface area contributed by atoms with Crippen molar-refractivity contribution >= 4 is 15.9 Å². The number of halogens is 1. The molecule has 2 fully saturated rings. The van der Waals surface area contributed by atoms with Gasteiger partial charge in [0.2, 0.25) is 15.9 Å². The number of piperazine rings is 1. The van der Waals surface area contributed by atoms with Gasteiger partial charge < -0.3 is 10.0 Å². The van der Waals surface area contributed by atoms with Gasteiger partial charge in [-0.1, -0.05) is 43.9 Å². The normalized spacial score (nSPS) is 23.0. The van der Waals surface area contributed by atoms with E-state index in [-0.39, 0.29) is 36.4 Å². The fraction of sp³-hybridized carbons (Fsp3) is 0.400. The van der Waals surface area contributed by atoms with Crippen molar-refractivity contribution in [3.05, 3.63) is 65.5 Å². The Morgan fingerprint density at radius 3 is 2.55 bits per heavy atom. The number of rotatable bonds is 5. The number of sulfonamides is 1. The van der Waals surface area contributed by atoms with Crippen LogP contribution in [0.1, 0.15) is 37.3 Å². The van der Waals surface area contributed by atoms with Gasteiger partial charge in [0.05, 0.1) is 30.1 Å². The highest BCUT2D eigenvalue weighted by Crippen LogP contribution is 2.43. The van der Waals surface area contributed by atoms with Crippen molar-refractivity contribution < 1.29 is 22.7 Å². The summed E-state index contributed by atoms with van der Waals surface area (Å²) < 4.78 is 40.9. The van der Waals surface area contributed by atoms with Gasteiger partial charge in [0, 0.05) is 24.4 Å². The minimum absolute atomic E-state index is 0.0850. The molecule has 174 valence electrons. The summed E-state index contributed by atoms with van der Waals surface area (Å²) in [7, 11) is -4.03. The zero-order chi connectivity index (χ0) is 23.8. The second kappa shape index (κ2) is 9.26. The van der Waals surface area contributed by atoms with Gasteiger partial charge >= 0.3 is 0 Å². The van der Waals surface area contributed by atoms with E-state index in [2.05, 4.69) is 25.7 Å². The Labute approximate surface area is 194 Å². The van der Waals surface area contributed by atoms with Crippen molar-refractivity contribution in [2.45, 2.75) is 43.2 Å². The van der Waals surface area contributed by atoms with E-state index >= 15 is 0 Å². The third-order valence-corrected chi connectivity index (χ3v) is 8.00. The van der Waals surface area contributed by atoms with E-state index in [9.17, 15) is 22.7 Å². The maximum Gasteiger partial charge on any atom is 0.243 e. The highest BCUT2D eigenvalue weighted by molar-refractivity contribution is 7.89. The van der Waals surface area contributed by atoms with Crippen LogP contribution >= 0.6 is 0 Å². The third kappa shape index (κ3) is 4.54. The van der Waals surface area contributed by atoms with Crippen molar-refractivity contribution in [3.63, 3.8) is 0 Å². The van der Waals surface area contributed by atoms with Gasteiger partial charge in [0.1, 0.15) is 5.82 Å². The van der Waals surface area contributed by atoms with Crippen LogP contribution in [0.15, 0.2) is 53.4 Å². The molecule has 0 radical (unpaired) electrons. The smallest absolute Gasteiger partial charge is 0.243 e. The van der Waals surface area contributed by atoms with Gasteiger partial charge in [-0.3, -0.25) is 4.79 Å². The number of nitrogens with zero attached hydrogens (tertiary/aromatic N) is 2. The van der Waals surface area contributed by atoms with Crippen LogP contribution in [0.2, 0.25) is 0 Å². The molecule has 0 spiro atoms. The Morgan fingerprint density at radius 2 is 1.91 bits per heavy atom. The monoisotopic (exact) mass is 470 g/mol. The summed E-state index contributed by atoms with van der Waals surface area (Å²) in [5, 5.41) is 9.94. The van der Waals surface area contributed by atoms with Crippen molar-refractivity contribution in [2.24, 2.45) is 5.92 Å². The molecule has 2 saturated heterocycles. The lowest BCUT2D eigenvalue weighted by Gasteiger charge is -2.58. The molecule has 2 aliphatic rings. The van der Waals surface area contributed by atoms with Crippen LogP contribution in [0.3, 0.4) is 0 Å². The van der Waals surface area contributed by atoms with Crippen LogP contribution < -0.4 is 0 Å². The Bertz CT molecular complexity index is 1200. The number of benzene rings is 2. The number of carbonyl (C=O) groups excluding carboxylic acids is 1. The number of carbonyl (C=O) groups is 1. The SMILES string of the molecule is CC(C)CC#Cc1ccc([C@H]2[C@@H](CO)N3C(=O)CN(S(=O)(=O)c4cccc(F)c4)C[C@H]23)cc1. The lowest BCUT2D eigenvalue weighted by Crippen LogP contribution is -2.73. The lowest BCUT2D eigenvalue weighted by molar-refractivity contribution is -0.158. The van der Waals surface area contributed by atoms with E-state index in [1.165, 1.54) is 18.2 Å². The summed E-state index contributed by atoms with van der Waals surface area (Å²) in [6, 6.07) is 11.7. The number of fused-ring (bicyclic) bond motifs is 1. The van der Waals surface area contributed by atoms with Crippen molar-refractivity contribution in [1.82, 2.24) is 9.21 Å². The lowest BCUT2D eigenvalue weighted by atomic mass is 9.74. The fourth-order valence-corrected chi connectivity index (χ4v) is 6.01. The highest BCUT2D eigenvalue weighted by Gasteiger charge is 2.55. The van der Waals surface area contributed by atoms with Gasteiger partial charge in [-0.25, -0.2) is 12.8 Å². The summed E-state index contributed by atoms with van der Waals surface area (Å²) in [5.74, 6) is 5.56. The first-order chi connectivity index (χ1) is 15.7. The van der Waals surface area contributed by atoms with Gasteiger partial charge in [0.25, 0.3) is 0 Å². The summed E-state index contributed by atoms with van der Waals surface area (Å²) in [5.41, 5.74) is 1.80. The second-order valence-corrected chi connectivity index (χ2v) is 10.9. The summed E-state index contributed by atoms with van der Waals surface area (Å²) in [6.07, 6.45) is 0.811. The molecule has 33 heavy (non-hydrogen) atoms. The largest absolute Gasteiger partial charge is 0.394 e. The number of amides is 1. The van der Waals surface area contributed by atoms with Gasteiger partial charge in [-0.2, -0.15) is 4.31 Å². The molecular weight excluding hydrogens is 443 g/mol. The van der Waals surface area contributed by atoms with Crippen molar-refractivity contribution in [2.75, 3.05) is 19.7 Å². The molecule has 2 aromatic rings. The maximum atomic E-state index is 13.6. The topological polar surface area (TPSA) is 77.9 Å². The molecule has 0 aromatic heterocycles. The Morgan fingerprint density at radius 1 is 1.18 bits per heavy atom. The molecule has 1 N–H and O–H groups in total. The maximum absolute atomic E-state index is 13.6. The van der Waals surface area contributed by atoms with Crippen LogP contribution in [0, 0.1) is 23.6 Å². The number of hydrogen-bond donors (Lipinski definition) is 1. The molecule has 3 atom stereocenters. The number of aliphatic hydroxyl groups excluding tert-OH is 1. The van der Waals surface area contributed by atoms with E-state index in [1.807, 2.05) is 24.3 Å². The van der Waals surface area contributed by atoms with E-state index < -0.39 is 27.9 Å². The molecule has 6 nitrogen and oxygen atoms in total. The predicted octanol–water partition coefficient (Wildman–Crippen LogP) is 2.58. The third-order valence-electron chi connectivity index (χ3n) is 6.19. The zero-order valence-corrected chi connectivity index (χ0v) is 19.4. The standard InChI is InChI=1S/C25H27FN2O4S/c1-17(2)5-3-6-18-9-11-19(12-10-18)25-22-14-27(15-24(30)28(22)23(25)16-29)33(31,32)21-8-4-7-20(26)13-21/h4,7-13,17,22-23,25,29H,5,14-16H2,1-2H3/t22-,23-,25-/m1/s1. The Hall–Kier alpha value is -2.73. The molecule has 2 heterocycles. The molecule has 0 bridgehead atoms. The first-order valence-corrected chi connectivity index (χ1v) is 12.4. The van der Waals surface area contributed by atoms with E-state index in [1.54, 1.807) is 4.90 Å².